The van der Waals surface area contributed by atoms with E-state index in [0.29, 0.717) is 6.54 Å². The molecule has 14 heavy (non-hydrogen) atoms. The van der Waals surface area contributed by atoms with Crippen molar-refractivity contribution in [3.8, 4) is 11.5 Å². The highest BCUT2D eigenvalue weighted by Crippen LogP contribution is 2.22. The second-order valence-corrected chi connectivity index (χ2v) is 3.04. The SMILES string of the molecule is COc1cc(CN(C)O)cc(OC)c1. The molecule has 1 aromatic carbocycles. The largest absolute Gasteiger partial charge is 0.497 e. The normalized spacial score (nSPS) is 10.4. The van der Waals surface area contributed by atoms with Gasteiger partial charge in [0.15, 0.2) is 0 Å². The Labute approximate surface area is 83.6 Å². The Hall–Kier alpha value is -1.26. The van der Waals surface area contributed by atoms with E-state index in [1.165, 1.54) is 0 Å². The van der Waals surface area contributed by atoms with Gasteiger partial charge < -0.3 is 14.7 Å². The maximum absolute atomic E-state index is 9.08. The number of nitrogens with zero attached hydrogens (tertiary/aromatic N) is 1. The smallest absolute Gasteiger partial charge is 0.122 e. The van der Waals surface area contributed by atoms with Crippen LogP contribution < -0.4 is 9.47 Å². The number of methoxy groups -OCH3 is 2. The molecule has 0 fully saturated rings. The summed E-state index contributed by atoms with van der Waals surface area (Å²) in [6.07, 6.45) is 0. The minimum absolute atomic E-state index is 0.438. The Bertz CT molecular complexity index is 277. The fourth-order valence-electron chi connectivity index (χ4n) is 1.22. The van der Waals surface area contributed by atoms with E-state index in [0.717, 1.165) is 22.1 Å². The first-order valence-corrected chi connectivity index (χ1v) is 4.27. The summed E-state index contributed by atoms with van der Waals surface area (Å²) in [5.41, 5.74) is 0.936. The molecule has 0 aliphatic carbocycles. The highest BCUT2D eigenvalue weighted by atomic mass is 16.5. The number of hydroxylamine groups is 2. The fraction of sp³-hybridized carbons (Fsp3) is 0.400. The van der Waals surface area contributed by atoms with Crippen molar-refractivity contribution in [3.05, 3.63) is 23.8 Å². The third kappa shape index (κ3) is 2.90. The Morgan fingerprint density at radius 3 is 2.00 bits per heavy atom. The third-order valence-corrected chi connectivity index (χ3v) is 1.82. The van der Waals surface area contributed by atoms with Gasteiger partial charge in [-0.2, -0.15) is 5.06 Å². The van der Waals surface area contributed by atoms with Gasteiger partial charge in [-0.05, 0) is 17.7 Å². The molecule has 1 aromatic rings. The lowest BCUT2D eigenvalue weighted by Gasteiger charge is -2.11. The van der Waals surface area contributed by atoms with Gasteiger partial charge in [-0.15, -0.1) is 0 Å². The first kappa shape index (κ1) is 10.8. The van der Waals surface area contributed by atoms with Crippen LogP contribution >= 0.6 is 0 Å². The van der Waals surface area contributed by atoms with Gasteiger partial charge in [-0.25, -0.2) is 0 Å². The molecule has 0 heterocycles. The number of benzene rings is 1. The molecular weight excluding hydrogens is 182 g/mol. The summed E-state index contributed by atoms with van der Waals surface area (Å²) in [5.74, 6) is 1.45. The van der Waals surface area contributed by atoms with Crippen molar-refractivity contribution in [1.29, 1.82) is 0 Å². The van der Waals surface area contributed by atoms with Crippen LogP contribution in [0.4, 0.5) is 0 Å². The summed E-state index contributed by atoms with van der Waals surface area (Å²) in [6.45, 7) is 0.438. The molecule has 0 aliphatic heterocycles. The lowest BCUT2D eigenvalue weighted by molar-refractivity contribution is -0.0732. The highest BCUT2D eigenvalue weighted by molar-refractivity contribution is 5.38. The molecule has 0 aromatic heterocycles. The van der Waals surface area contributed by atoms with Crippen molar-refractivity contribution in [2.45, 2.75) is 6.54 Å². The van der Waals surface area contributed by atoms with Crippen LogP contribution in [0.3, 0.4) is 0 Å². The molecule has 0 bridgehead atoms. The zero-order chi connectivity index (χ0) is 10.6. The predicted molar refractivity (Wildman–Crippen MR) is 52.8 cm³/mol. The topological polar surface area (TPSA) is 41.9 Å². The number of ether oxygens (including phenoxy) is 2. The molecule has 4 heteroatoms. The van der Waals surface area contributed by atoms with E-state index in [9.17, 15) is 0 Å². The van der Waals surface area contributed by atoms with Crippen LogP contribution in [0.2, 0.25) is 0 Å². The molecule has 0 radical (unpaired) electrons. The van der Waals surface area contributed by atoms with Gasteiger partial charge >= 0.3 is 0 Å². The molecule has 0 atom stereocenters. The summed E-state index contributed by atoms with van der Waals surface area (Å²) in [6, 6.07) is 5.51. The summed E-state index contributed by atoms with van der Waals surface area (Å²) in [4.78, 5) is 0. The Morgan fingerprint density at radius 1 is 1.14 bits per heavy atom. The summed E-state index contributed by atoms with van der Waals surface area (Å²) < 4.78 is 10.2. The van der Waals surface area contributed by atoms with Gasteiger partial charge in [0, 0.05) is 19.7 Å². The highest BCUT2D eigenvalue weighted by Gasteiger charge is 2.03. The van der Waals surface area contributed by atoms with Crippen LogP contribution in [-0.2, 0) is 6.54 Å². The quantitative estimate of drug-likeness (QED) is 0.743. The summed E-state index contributed by atoms with van der Waals surface area (Å²) >= 11 is 0. The van der Waals surface area contributed by atoms with Crippen LogP contribution in [0.1, 0.15) is 5.56 Å². The molecule has 0 unspecified atom stereocenters. The molecule has 0 spiro atoms. The lowest BCUT2D eigenvalue weighted by Crippen LogP contribution is -2.11. The van der Waals surface area contributed by atoms with Gasteiger partial charge in [0.1, 0.15) is 11.5 Å². The predicted octanol–water partition coefficient (Wildman–Crippen LogP) is 1.52. The number of rotatable bonds is 4. The molecule has 0 saturated heterocycles. The average molecular weight is 197 g/mol. The van der Waals surface area contributed by atoms with Crippen molar-refractivity contribution >= 4 is 0 Å². The van der Waals surface area contributed by atoms with Gasteiger partial charge in [0.25, 0.3) is 0 Å². The van der Waals surface area contributed by atoms with Gasteiger partial charge in [-0.3, -0.25) is 0 Å². The van der Waals surface area contributed by atoms with Crippen molar-refractivity contribution < 1.29 is 14.7 Å². The second-order valence-electron chi connectivity index (χ2n) is 3.04. The van der Waals surface area contributed by atoms with E-state index in [1.54, 1.807) is 27.3 Å². The molecule has 78 valence electrons. The van der Waals surface area contributed by atoms with Crippen LogP contribution in [0, 0.1) is 0 Å². The van der Waals surface area contributed by atoms with Crippen molar-refractivity contribution in [2.24, 2.45) is 0 Å². The maximum atomic E-state index is 9.08. The Balaban J connectivity index is 2.92. The molecule has 1 N–H and O–H groups in total. The fourth-order valence-corrected chi connectivity index (χ4v) is 1.22. The van der Waals surface area contributed by atoms with Crippen LogP contribution in [-0.4, -0.2) is 31.5 Å². The van der Waals surface area contributed by atoms with Crippen LogP contribution in [0.15, 0.2) is 18.2 Å². The van der Waals surface area contributed by atoms with Crippen molar-refractivity contribution in [2.75, 3.05) is 21.3 Å². The van der Waals surface area contributed by atoms with Crippen molar-refractivity contribution in [3.63, 3.8) is 0 Å². The summed E-state index contributed by atoms with van der Waals surface area (Å²) in [5, 5.41) is 10.2. The zero-order valence-electron chi connectivity index (χ0n) is 8.65. The van der Waals surface area contributed by atoms with E-state index in [1.807, 2.05) is 12.1 Å². The maximum Gasteiger partial charge on any atom is 0.122 e. The number of hydrogen-bond donors (Lipinski definition) is 1. The van der Waals surface area contributed by atoms with E-state index in [4.69, 9.17) is 14.7 Å². The van der Waals surface area contributed by atoms with E-state index >= 15 is 0 Å². The van der Waals surface area contributed by atoms with E-state index < -0.39 is 0 Å². The van der Waals surface area contributed by atoms with Gasteiger partial charge in [0.2, 0.25) is 0 Å². The molecule has 4 nitrogen and oxygen atoms in total. The standard InChI is InChI=1S/C10H15NO3/c1-11(12)7-8-4-9(13-2)6-10(5-8)14-3/h4-6,12H,7H2,1-3H3. The first-order valence-electron chi connectivity index (χ1n) is 4.27. The molecule has 0 saturated carbocycles. The van der Waals surface area contributed by atoms with Gasteiger partial charge in [-0.1, -0.05) is 0 Å². The second kappa shape index (κ2) is 4.83. The molecule has 1 rings (SSSR count). The minimum Gasteiger partial charge on any atom is -0.497 e. The Morgan fingerprint density at radius 2 is 1.64 bits per heavy atom. The summed E-state index contributed by atoms with van der Waals surface area (Å²) in [7, 11) is 4.79. The first-order chi connectivity index (χ1) is 6.65. The lowest BCUT2D eigenvalue weighted by atomic mass is 10.2. The Kier molecular flexibility index (Phi) is 3.73. The molecule has 0 amide bonds. The molecular formula is C10H15NO3. The van der Waals surface area contributed by atoms with Gasteiger partial charge in [0.05, 0.1) is 14.2 Å². The van der Waals surface area contributed by atoms with Crippen molar-refractivity contribution in [1.82, 2.24) is 5.06 Å². The van der Waals surface area contributed by atoms with Crippen LogP contribution in [0.5, 0.6) is 11.5 Å². The van der Waals surface area contributed by atoms with E-state index in [2.05, 4.69) is 0 Å². The monoisotopic (exact) mass is 197 g/mol. The molecule has 0 aliphatic rings. The third-order valence-electron chi connectivity index (χ3n) is 1.82. The van der Waals surface area contributed by atoms with E-state index in [-0.39, 0.29) is 0 Å². The number of hydrogen-bond acceptors (Lipinski definition) is 4. The average Bonchev–Trinajstić information content (AvgIpc) is 2.16. The minimum atomic E-state index is 0.438. The van der Waals surface area contributed by atoms with Crippen LogP contribution in [0.25, 0.3) is 0 Å². The zero-order valence-corrected chi connectivity index (χ0v) is 8.65.